The Bertz CT molecular complexity index is 374. The van der Waals surface area contributed by atoms with Gasteiger partial charge in [-0.15, -0.1) is 0 Å². The summed E-state index contributed by atoms with van der Waals surface area (Å²) in [5.41, 5.74) is 0. The lowest BCUT2D eigenvalue weighted by Gasteiger charge is -2.42. The van der Waals surface area contributed by atoms with E-state index >= 15 is 0 Å². The molecule has 2 fully saturated rings. The summed E-state index contributed by atoms with van der Waals surface area (Å²) in [5, 5.41) is 9.36. The van der Waals surface area contributed by atoms with Crippen molar-refractivity contribution >= 4 is 12.0 Å². The summed E-state index contributed by atoms with van der Waals surface area (Å²) in [6, 6.07) is -0.768. The van der Waals surface area contributed by atoms with Crippen LogP contribution in [0.15, 0.2) is 0 Å². The van der Waals surface area contributed by atoms with Crippen LogP contribution in [0.1, 0.15) is 33.1 Å². The first kappa shape index (κ1) is 15.1. The third-order valence-electron chi connectivity index (χ3n) is 4.34. The van der Waals surface area contributed by atoms with Crippen LogP contribution in [0.3, 0.4) is 0 Å². The van der Waals surface area contributed by atoms with Gasteiger partial charge in [0.05, 0.1) is 19.3 Å². The highest BCUT2D eigenvalue weighted by Crippen LogP contribution is 2.25. The molecule has 2 rings (SSSR count). The molecule has 0 bridgehead atoms. The molecule has 20 heavy (non-hydrogen) atoms. The van der Waals surface area contributed by atoms with Gasteiger partial charge in [0.2, 0.25) is 0 Å². The highest BCUT2D eigenvalue weighted by molar-refractivity contribution is 5.83. The van der Waals surface area contributed by atoms with E-state index < -0.39 is 12.0 Å². The fraction of sp³-hybridized carbons (Fsp3) is 0.857. The Labute approximate surface area is 119 Å². The van der Waals surface area contributed by atoms with Crippen molar-refractivity contribution in [2.45, 2.75) is 45.2 Å². The van der Waals surface area contributed by atoms with E-state index in [-0.39, 0.29) is 12.1 Å². The number of amides is 2. The smallest absolute Gasteiger partial charge is 0.326 e. The Kier molecular flexibility index (Phi) is 4.86. The molecular weight excluding hydrogens is 260 g/mol. The molecule has 114 valence electrons. The van der Waals surface area contributed by atoms with Crippen LogP contribution in [-0.4, -0.2) is 65.3 Å². The fourth-order valence-electron chi connectivity index (χ4n) is 3.01. The first-order valence-electron chi connectivity index (χ1n) is 7.42. The molecule has 0 aliphatic carbocycles. The number of aliphatic carboxylic acids is 1. The average molecular weight is 284 g/mol. The third-order valence-corrected chi connectivity index (χ3v) is 4.34. The Hall–Kier alpha value is -1.30. The second kappa shape index (κ2) is 6.43. The number of piperidine rings is 1. The number of morpholine rings is 1. The molecule has 6 heteroatoms. The second-order valence-corrected chi connectivity index (χ2v) is 5.79. The third kappa shape index (κ3) is 3.06. The van der Waals surface area contributed by atoms with Crippen LogP contribution >= 0.6 is 0 Å². The minimum Gasteiger partial charge on any atom is -0.480 e. The van der Waals surface area contributed by atoms with E-state index in [0.717, 1.165) is 12.8 Å². The summed E-state index contributed by atoms with van der Waals surface area (Å²) < 4.78 is 5.40. The minimum atomic E-state index is -0.897. The highest BCUT2D eigenvalue weighted by Gasteiger charge is 2.38. The minimum absolute atomic E-state index is 0.0602. The zero-order chi connectivity index (χ0) is 14.7. The Balaban J connectivity index is 2.11. The SMILES string of the molecule is CCC1COCCN1C(=O)N1CCC(C)CC1C(=O)O. The lowest BCUT2D eigenvalue weighted by atomic mass is 9.92. The molecule has 0 aromatic rings. The van der Waals surface area contributed by atoms with Gasteiger partial charge in [0, 0.05) is 13.1 Å². The number of urea groups is 1. The number of likely N-dealkylation sites (tertiary alicyclic amines) is 1. The Morgan fingerprint density at radius 2 is 2.05 bits per heavy atom. The van der Waals surface area contributed by atoms with E-state index in [9.17, 15) is 14.7 Å². The fourth-order valence-corrected chi connectivity index (χ4v) is 3.01. The van der Waals surface area contributed by atoms with Crippen LogP contribution in [-0.2, 0) is 9.53 Å². The van der Waals surface area contributed by atoms with Crippen molar-refractivity contribution in [1.82, 2.24) is 9.80 Å². The Morgan fingerprint density at radius 1 is 1.30 bits per heavy atom. The van der Waals surface area contributed by atoms with Crippen molar-refractivity contribution in [3.05, 3.63) is 0 Å². The molecule has 0 saturated carbocycles. The van der Waals surface area contributed by atoms with Gasteiger partial charge in [-0.3, -0.25) is 0 Å². The number of hydrogen-bond donors (Lipinski definition) is 1. The molecule has 2 amide bonds. The van der Waals surface area contributed by atoms with Gasteiger partial charge in [-0.25, -0.2) is 9.59 Å². The van der Waals surface area contributed by atoms with E-state index in [1.165, 1.54) is 4.90 Å². The molecule has 0 radical (unpaired) electrons. The predicted molar refractivity (Wildman–Crippen MR) is 73.5 cm³/mol. The second-order valence-electron chi connectivity index (χ2n) is 5.79. The molecule has 3 atom stereocenters. The number of nitrogens with zero attached hydrogens (tertiary/aromatic N) is 2. The Morgan fingerprint density at radius 3 is 2.70 bits per heavy atom. The number of ether oxygens (including phenoxy) is 1. The van der Waals surface area contributed by atoms with Gasteiger partial charge < -0.3 is 19.6 Å². The maximum Gasteiger partial charge on any atom is 0.326 e. The van der Waals surface area contributed by atoms with Crippen LogP contribution in [0.25, 0.3) is 0 Å². The normalized spacial score (nSPS) is 31.2. The standard InChI is InChI=1S/C14H24N2O4/c1-3-11-9-20-7-6-15(11)14(19)16-5-4-10(2)8-12(16)13(17)18/h10-12H,3-9H2,1-2H3,(H,17,18). The van der Waals surface area contributed by atoms with E-state index in [0.29, 0.717) is 38.6 Å². The van der Waals surface area contributed by atoms with E-state index in [1.54, 1.807) is 4.90 Å². The summed E-state index contributed by atoms with van der Waals surface area (Å²) in [4.78, 5) is 27.4. The summed E-state index contributed by atoms with van der Waals surface area (Å²) in [6.07, 6.45) is 2.24. The predicted octanol–water partition coefficient (Wildman–Crippen LogP) is 1.40. The van der Waals surface area contributed by atoms with E-state index in [4.69, 9.17) is 4.74 Å². The van der Waals surface area contributed by atoms with Crippen molar-refractivity contribution < 1.29 is 19.4 Å². The number of carbonyl (C=O) groups excluding carboxylic acids is 1. The molecule has 2 heterocycles. The quantitative estimate of drug-likeness (QED) is 0.832. The van der Waals surface area contributed by atoms with E-state index in [2.05, 4.69) is 0 Å². The zero-order valence-corrected chi connectivity index (χ0v) is 12.2. The van der Waals surface area contributed by atoms with Gasteiger partial charge >= 0.3 is 12.0 Å². The molecular formula is C14H24N2O4. The van der Waals surface area contributed by atoms with Crippen molar-refractivity contribution in [3.8, 4) is 0 Å². The number of hydrogen-bond acceptors (Lipinski definition) is 3. The van der Waals surface area contributed by atoms with Gasteiger partial charge in [0.25, 0.3) is 0 Å². The van der Waals surface area contributed by atoms with Crippen LogP contribution in [0, 0.1) is 5.92 Å². The molecule has 0 aromatic heterocycles. The molecule has 0 aromatic carbocycles. The van der Waals surface area contributed by atoms with Gasteiger partial charge in [-0.05, 0) is 25.2 Å². The van der Waals surface area contributed by atoms with Gasteiger partial charge in [0.1, 0.15) is 6.04 Å². The molecule has 2 aliphatic rings. The molecule has 1 N–H and O–H groups in total. The summed E-state index contributed by atoms with van der Waals surface area (Å²) in [5.74, 6) is -0.544. The van der Waals surface area contributed by atoms with Crippen LogP contribution in [0.4, 0.5) is 4.79 Å². The lowest BCUT2D eigenvalue weighted by molar-refractivity contribution is -0.144. The largest absolute Gasteiger partial charge is 0.480 e. The summed E-state index contributed by atoms with van der Waals surface area (Å²) in [7, 11) is 0. The lowest BCUT2D eigenvalue weighted by Crippen LogP contribution is -2.58. The van der Waals surface area contributed by atoms with Crippen LogP contribution in [0.2, 0.25) is 0 Å². The average Bonchev–Trinajstić information content (AvgIpc) is 2.46. The number of carboxylic acid groups (broad SMARTS) is 1. The summed E-state index contributed by atoms with van der Waals surface area (Å²) in [6.45, 7) is 6.23. The van der Waals surface area contributed by atoms with Gasteiger partial charge in [-0.1, -0.05) is 13.8 Å². The van der Waals surface area contributed by atoms with E-state index in [1.807, 2.05) is 13.8 Å². The number of rotatable bonds is 2. The summed E-state index contributed by atoms with van der Waals surface area (Å²) >= 11 is 0. The topological polar surface area (TPSA) is 70.1 Å². The molecule has 2 aliphatic heterocycles. The maximum absolute atomic E-state index is 12.7. The number of carbonyl (C=O) groups is 2. The zero-order valence-electron chi connectivity index (χ0n) is 12.2. The first-order chi connectivity index (χ1) is 9.54. The molecule has 2 saturated heterocycles. The van der Waals surface area contributed by atoms with Crippen molar-refractivity contribution in [3.63, 3.8) is 0 Å². The van der Waals surface area contributed by atoms with Crippen molar-refractivity contribution in [2.24, 2.45) is 5.92 Å². The van der Waals surface area contributed by atoms with Gasteiger partial charge in [0.15, 0.2) is 0 Å². The maximum atomic E-state index is 12.7. The monoisotopic (exact) mass is 284 g/mol. The van der Waals surface area contributed by atoms with Crippen LogP contribution in [0.5, 0.6) is 0 Å². The molecule has 0 spiro atoms. The first-order valence-corrected chi connectivity index (χ1v) is 7.42. The van der Waals surface area contributed by atoms with Crippen LogP contribution < -0.4 is 0 Å². The molecule has 6 nitrogen and oxygen atoms in total. The van der Waals surface area contributed by atoms with Gasteiger partial charge in [-0.2, -0.15) is 0 Å². The highest BCUT2D eigenvalue weighted by atomic mass is 16.5. The number of carboxylic acids is 1. The molecule has 3 unspecified atom stereocenters. The van der Waals surface area contributed by atoms with Crippen molar-refractivity contribution in [2.75, 3.05) is 26.3 Å². The van der Waals surface area contributed by atoms with Crippen molar-refractivity contribution in [1.29, 1.82) is 0 Å².